The van der Waals surface area contributed by atoms with E-state index in [0.717, 1.165) is 21.9 Å². The number of ether oxygens (including phenoxy) is 1. The minimum Gasteiger partial charge on any atom is -0.497 e. The molecular weight excluding hydrogens is 402 g/mol. The topological polar surface area (TPSA) is 97.3 Å². The number of methoxy groups -OCH3 is 1. The van der Waals surface area contributed by atoms with E-state index in [1.165, 1.54) is 0 Å². The van der Waals surface area contributed by atoms with Gasteiger partial charge in [-0.05, 0) is 36.1 Å². The van der Waals surface area contributed by atoms with Gasteiger partial charge in [0.2, 0.25) is 11.8 Å². The molecule has 2 atom stereocenters. The first-order valence-corrected chi connectivity index (χ1v) is 10.5. The molecule has 0 spiro atoms. The highest BCUT2D eigenvalue weighted by molar-refractivity contribution is 7.13. The first kappa shape index (κ1) is 20.1. The second-order valence-corrected chi connectivity index (χ2v) is 8.10. The van der Waals surface area contributed by atoms with Crippen molar-refractivity contribution in [2.45, 2.75) is 32.1 Å². The smallest absolute Gasteiger partial charge is 0.229 e. The van der Waals surface area contributed by atoms with E-state index in [0.29, 0.717) is 12.2 Å². The van der Waals surface area contributed by atoms with Crippen molar-refractivity contribution in [3.05, 3.63) is 53.4 Å². The highest BCUT2D eigenvalue weighted by Crippen LogP contribution is 2.28. The Labute approximate surface area is 178 Å². The fourth-order valence-corrected chi connectivity index (χ4v) is 4.02. The number of nitrogens with one attached hydrogen (secondary N) is 3. The Bertz CT molecular complexity index is 1030. The van der Waals surface area contributed by atoms with Crippen LogP contribution in [0.2, 0.25) is 0 Å². The number of amides is 2. The van der Waals surface area contributed by atoms with Gasteiger partial charge in [-0.2, -0.15) is 5.10 Å². The summed E-state index contributed by atoms with van der Waals surface area (Å²) in [7, 11) is 1.60. The zero-order chi connectivity index (χ0) is 21.1. The maximum atomic E-state index is 12.7. The fraction of sp³-hybridized carbons (Fsp3) is 0.286. The number of carbonyl (C=O) groups excluding carboxylic acids is 2. The van der Waals surface area contributed by atoms with Crippen molar-refractivity contribution in [1.29, 1.82) is 0 Å². The molecule has 1 aliphatic rings. The molecule has 0 bridgehead atoms. The van der Waals surface area contributed by atoms with Gasteiger partial charge in [0, 0.05) is 18.5 Å². The van der Waals surface area contributed by atoms with Crippen LogP contribution in [0.25, 0.3) is 10.6 Å². The van der Waals surface area contributed by atoms with Crippen molar-refractivity contribution < 1.29 is 14.3 Å². The van der Waals surface area contributed by atoms with E-state index in [1.807, 2.05) is 54.8 Å². The molecule has 3 heterocycles. The third-order valence-corrected chi connectivity index (χ3v) is 5.67. The van der Waals surface area contributed by atoms with E-state index in [2.05, 4.69) is 21.0 Å². The summed E-state index contributed by atoms with van der Waals surface area (Å²) < 4.78 is 6.78. The second-order valence-electron chi connectivity index (χ2n) is 7.15. The molecule has 8 nitrogen and oxygen atoms in total. The van der Waals surface area contributed by atoms with E-state index in [4.69, 9.17) is 4.74 Å². The number of rotatable bonds is 6. The summed E-state index contributed by atoms with van der Waals surface area (Å²) in [5.74, 6) is 1.03. The van der Waals surface area contributed by atoms with Crippen LogP contribution in [0.4, 0.5) is 5.82 Å². The molecule has 30 heavy (non-hydrogen) atoms. The van der Waals surface area contributed by atoms with E-state index < -0.39 is 6.29 Å². The third kappa shape index (κ3) is 4.52. The zero-order valence-corrected chi connectivity index (χ0v) is 17.5. The number of hydrogen-bond acceptors (Lipinski definition) is 6. The Balaban J connectivity index is 1.57. The van der Waals surface area contributed by atoms with Gasteiger partial charge in [0.15, 0.2) is 6.29 Å². The Morgan fingerprint density at radius 2 is 2.13 bits per heavy atom. The van der Waals surface area contributed by atoms with Crippen molar-refractivity contribution in [1.82, 2.24) is 20.4 Å². The van der Waals surface area contributed by atoms with Crippen molar-refractivity contribution in [2.75, 3.05) is 12.4 Å². The maximum absolute atomic E-state index is 12.7. The molecule has 0 saturated carbocycles. The highest BCUT2D eigenvalue weighted by Gasteiger charge is 2.27. The average Bonchev–Trinajstić information content (AvgIpc) is 3.37. The van der Waals surface area contributed by atoms with Gasteiger partial charge in [-0.1, -0.05) is 18.2 Å². The largest absolute Gasteiger partial charge is 0.497 e. The monoisotopic (exact) mass is 425 g/mol. The number of aromatic nitrogens is 2. The Morgan fingerprint density at radius 3 is 2.80 bits per heavy atom. The quantitative estimate of drug-likeness (QED) is 0.564. The van der Waals surface area contributed by atoms with Gasteiger partial charge in [0.05, 0.1) is 18.4 Å². The number of thiophene rings is 1. The van der Waals surface area contributed by atoms with Crippen LogP contribution in [0.1, 0.15) is 25.2 Å². The number of hydrogen-bond donors (Lipinski definition) is 3. The molecule has 2 aromatic heterocycles. The number of benzene rings is 1. The summed E-state index contributed by atoms with van der Waals surface area (Å²) in [5, 5.41) is 15.7. The lowest BCUT2D eigenvalue weighted by atomic mass is 10.1. The van der Waals surface area contributed by atoms with Crippen molar-refractivity contribution in [2.24, 2.45) is 0 Å². The maximum Gasteiger partial charge on any atom is 0.229 e. The predicted octanol–water partition coefficient (Wildman–Crippen LogP) is 2.76. The standard InChI is InChI=1S/C21H23N5O3S/c1-13-10-19(27)24-21(22-13)26-18(12-16(25-26)17-4-3-9-30-17)23-20(28)11-14-5-7-15(29-2)8-6-14/h3-9,12-13,21-22H,10-11H2,1-2H3,(H,23,28)(H,24,27). The van der Waals surface area contributed by atoms with E-state index in [-0.39, 0.29) is 24.3 Å². The molecule has 1 aromatic carbocycles. The highest BCUT2D eigenvalue weighted by atomic mass is 32.1. The molecule has 1 saturated heterocycles. The van der Waals surface area contributed by atoms with Crippen LogP contribution in [0, 0.1) is 0 Å². The SMILES string of the molecule is COc1ccc(CC(=O)Nc2cc(-c3cccs3)nn2C2NC(=O)CC(C)N2)cc1. The Hall–Kier alpha value is -3.17. The van der Waals surface area contributed by atoms with Crippen LogP contribution in [-0.2, 0) is 16.0 Å². The second kappa shape index (κ2) is 8.68. The summed E-state index contributed by atoms with van der Waals surface area (Å²) in [6.07, 6.45) is 0.0743. The molecule has 3 N–H and O–H groups in total. The molecule has 9 heteroatoms. The van der Waals surface area contributed by atoms with Gasteiger partial charge in [0.1, 0.15) is 17.3 Å². The van der Waals surface area contributed by atoms with Gasteiger partial charge < -0.3 is 15.4 Å². The molecule has 4 rings (SSSR count). The minimum atomic E-state index is -0.536. The molecule has 2 amide bonds. The summed E-state index contributed by atoms with van der Waals surface area (Å²) >= 11 is 1.56. The number of nitrogens with zero attached hydrogens (tertiary/aromatic N) is 2. The lowest BCUT2D eigenvalue weighted by Gasteiger charge is -2.30. The lowest BCUT2D eigenvalue weighted by Crippen LogP contribution is -2.52. The summed E-state index contributed by atoms with van der Waals surface area (Å²) in [6, 6.07) is 13.1. The summed E-state index contributed by atoms with van der Waals surface area (Å²) in [5.41, 5.74) is 1.61. The predicted molar refractivity (Wildman–Crippen MR) is 115 cm³/mol. The molecule has 0 aliphatic carbocycles. The van der Waals surface area contributed by atoms with Crippen molar-refractivity contribution in [3.63, 3.8) is 0 Å². The van der Waals surface area contributed by atoms with Gasteiger partial charge >= 0.3 is 0 Å². The van der Waals surface area contributed by atoms with Crippen LogP contribution in [0.3, 0.4) is 0 Å². The summed E-state index contributed by atoms with van der Waals surface area (Å²) in [4.78, 5) is 25.7. The summed E-state index contributed by atoms with van der Waals surface area (Å²) in [6.45, 7) is 1.94. The molecule has 2 unspecified atom stereocenters. The van der Waals surface area contributed by atoms with Crippen LogP contribution in [-0.4, -0.2) is 34.7 Å². The Kier molecular flexibility index (Phi) is 5.82. The van der Waals surface area contributed by atoms with Gasteiger partial charge in [0.25, 0.3) is 0 Å². The van der Waals surface area contributed by atoms with Crippen LogP contribution in [0.5, 0.6) is 5.75 Å². The Morgan fingerprint density at radius 1 is 1.33 bits per heavy atom. The van der Waals surface area contributed by atoms with Gasteiger partial charge in [-0.25, -0.2) is 4.68 Å². The van der Waals surface area contributed by atoms with E-state index in [1.54, 1.807) is 23.1 Å². The fourth-order valence-electron chi connectivity index (χ4n) is 3.34. The normalized spacial score (nSPS) is 18.7. The van der Waals surface area contributed by atoms with Gasteiger partial charge in [-0.3, -0.25) is 14.9 Å². The van der Waals surface area contributed by atoms with E-state index in [9.17, 15) is 9.59 Å². The molecule has 1 aliphatic heterocycles. The van der Waals surface area contributed by atoms with Crippen molar-refractivity contribution in [3.8, 4) is 16.3 Å². The van der Waals surface area contributed by atoms with Crippen LogP contribution in [0.15, 0.2) is 47.8 Å². The molecular formula is C21H23N5O3S. The number of carbonyl (C=O) groups is 2. The number of anilines is 1. The molecule has 156 valence electrons. The first-order valence-electron chi connectivity index (χ1n) is 9.63. The molecule has 0 radical (unpaired) electrons. The molecule has 3 aromatic rings. The van der Waals surface area contributed by atoms with Crippen LogP contribution >= 0.6 is 11.3 Å². The lowest BCUT2D eigenvalue weighted by molar-refractivity contribution is -0.125. The minimum absolute atomic E-state index is 0.000915. The third-order valence-electron chi connectivity index (χ3n) is 4.78. The molecule has 1 fully saturated rings. The van der Waals surface area contributed by atoms with Crippen LogP contribution < -0.4 is 20.7 Å². The first-order chi connectivity index (χ1) is 14.5. The van der Waals surface area contributed by atoms with Gasteiger partial charge in [-0.15, -0.1) is 11.3 Å². The van der Waals surface area contributed by atoms with E-state index >= 15 is 0 Å². The average molecular weight is 426 g/mol. The van der Waals surface area contributed by atoms with Crippen molar-refractivity contribution >= 4 is 29.0 Å². The zero-order valence-electron chi connectivity index (χ0n) is 16.7.